The fourth-order valence-electron chi connectivity index (χ4n) is 7.19. The fourth-order valence-corrected chi connectivity index (χ4v) is 7.43. The first-order chi connectivity index (χ1) is 36.9. The van der Waals surface area contributed by atoms with Gasteiger partial charge >= 0.3 is 53.9 Å². The number of ketones is 1. The Labute approximate surface area is 474 Å². The molecule has 1 unspecified atom stereocenters. The summed E-state index contributed by atoms with van der Waals surface area (Å²) in [7, 11) is 0. The molecule has 2 saturated carbocycles. The second-order valence-corrected chi connectivity index (χ2v) is 21.6. The molecule has 0 aromatic rings. The molecular formula is C57H98BrF3O18. The summed E-state index contributed by atoms with van der Waals surface area (Å²) in [5.74, 6) is -13.0. The van der Waals surface area contributed by atoms with E-state index in [-0.39, 0.29) is 25.0 Å². The maximum atomic E-state index is 11.5. The van der Waals surface area contributed by atoms with Crippen molar-refractivity contribution in [2.24, 2.45) is 29.1 Å². The van der Waals surface area contributed by atoms with Gasteiger partial charge in [-0.25, -0.2) is 4.79 Å². The van der Waals surface area contributed by atoms with Crippen LogP contribution in [0.5, 0.6) is 0 Å². The molecule has 0 bridgehead atoms. The minimum absolute atomic E-state index is 0.0185. The number of carbonyl (C=O) groups excluding carboxylic acids is 1. The molecule has 18 nitrogen and oxygen atoms in total. The normalized spacial score (nSPS) is 15.8. The van der Waals surface area contributed by atoms with Crippen molar-refractivity contribution < 1.29 is 102 Å². The van der Waals surface area contributed by atoms with Gasteiger partial charge in [-0.05, 0) is 59.0 Å². The predicted octanol–water partition coefficient (Wildman–Crippen LogP) is 13.9. The smallest absolute Gasteiger partial charge is 0.427 e. The van der Waals surface area contributed by atoms with Crippen molar-refractivity contribution in [3.63, 3.8) is 0 Å². The lowest BCUT2D eigenvalue weighted by molar-refractivity contribution is -0.253. The molecule has 2 fully saturated rings. The van der Waals surface area contributed by atoms with Crippen LogP contribution in [-0.4, -0.2) is 117 Å². The van der Waals surface area contributed by atoms with E-state index >= 15 is 0 Å². The minimum Gasteiger partial charge on any atom is -0.481 e. The summed E-state index contributed by atoms with van der Waals surface area (Å²) >= 11 is 3.09. The third-order valence-corrected chi connectivity index (χ3v) is 14.4. The zero-order valence-electron chi connectivity index (χ0n) is 47.6. The summed E-state index contributed by atoms with van der Waals surface area (Å²) in [5, 5.41) is 75.0. The number of aliphatic carboxylic acids is 8. The molecular weight excluding hydrogens is 1110 g/mol. The summed E-state index contributed by atoms with van der Waals surface area (Å²) in [5.41, 5.74) is -4.27. The first kappa shape index (κ1) is 80.9. The molecule has 79 heavy (non-hydrogen) atoms. The van der Waals surface area contributed by atoms with Crippen molar-refractivity contribution in [1.29, 1.82) is 0 Å². The number of allylic oxidation sites excluding steroid dienone is 1. The number of halogens is 4. The number of carboxylic acids is 8. The van der Waals surface area contributed by atoms with Crippen LogP contribution in [-0.2, 0) is 43.2 Å². The van der Waals surface area contributed by atoms with Crippen molar-refractivity contribution >= 4 is 69.5 Å². The second kappa shape index (κ2) is 49.2. The third kappa shape index (κ3) is 50.1. The highest BCUT2D eigenvalue weighted by molar-refractivity contribution is 9.09. The lowest BCUT2D eigenvalue weighted by Crippen LogP contribution is -2.49. The van der Waals surface area contributed by atoms with E-state index in [9.17, 15) is 56.3 Å². The molecule has 2 aliphatic rings. The molecule has 0 aromatic carbocycles. The maximum Gasteiger partial charge on any atom is 0.427 e. The van der Waals surface area contributed by atoms with Crippen LogP contribution in [0.3, 0.4) is 0 Å². The Morgan fingerprint density at radius 2 is 0.696 bits per heavy atom. The number of alkyl halides is 4. The SMILES string of the molecule is C=CC(=O)CCCCCC(=O)O.CC(C)(CBr)C(=O)O.CC(O)(C(=O)O)C(F)(F)F.CCCCCCCCCCCCCCCCCCCCCCCCCCCCC(=O)O.O=C(O)C1C(C(=O)O)C1C(=O)O.O=C(O)C1CC1. The zero-order chi connectivity index (χ0) is 61.5. The van der Waals surface area contributed by atoms with Crippen LogP contribution in [0.25, 0.3) is 0 Å². The number of hydrogen-bond acceptors (Lipinski definition) is 10. The summed E-state index contributed by atoms with van der Waals surface area (Å²) in [6.45, 7) is 9.16. The number of carboxylic acid groups (broad SMARTS) is 8. The lowest BCUT2D eigenvalue weighted by Gasteiger charge is -2.20. The molecule has 462 valence electrons. The third-order valence-electron chi connectivity index (χ3n) is 13.0. The van der Waals surface area contributed by atoms with Gasteiger partial charge in [-0.2, -0.15) is 13.2 Å². The largest absolute Gasteiger partial charge is 0.481 e. The molecule has 0 spiro atoms. The van der Waals surface area contributed by atoms with Crippen LogP contribution in [0.15, 0.2) is 12.7 Å². The summed E-state index contributed by atoms with van der Waals surface area (Å²) in [4.78, 5) is 91.7. The van der Waals surface area contributed by atoms with Crippen LogP contribution in [0.4, 0.5) is 13.2 Å². The first-order valence-corrected chi connectivity index (χ1v) is 29.3. The van der Waals surface area contributed by atoms with Gasteiger partial charge in [-0.15, -0.1) is 0 Å². The minimum atomic E-state index is -5.13. The monoisotopic (exact) mass is 1210 g/mol. The van der Waals surface area contributed by atoms with E-state index in [2.05, 4.69) is 29.4 Å². The van der Waals surface area contributed by atoms with Gasteiger partial charge in [-0.1, -0.05) is 196 Å². The molecule has 9 N–H and O–H groups in total. The zero-order valence-corrected chi connectivity index (χ0v) is 49.1. The highest BCUT2D eigenvalue weighted by Crippen LogP contribution is 2.46. The molecule has 2 rings (SSSR count). The molecule has 1 atom stereocenters. The van der Waals surface area contributed by atoms with Crippen LogP contribution < -0.4 is 0 Å². The van der Waals surface area contributed by atoms with Crippen molar-refractivity contribution in [2.75, 3.05) is 5.33 Å². The standard InChI is InChI=1S/C29H58O2.C9H14O3.C6H6O6.C5H9BrO2.C4H5F3O3.C4H6O2/c1-2-3-4-5-6-7-8-9-10-11-12-13-14-15-16-17-18-19-20-21-22-23-24-25-26-27-28-29(30)31;1-2-8(10)6-4-3-5-7-9(11)12;7-4(8)1-2(5(9)10)3(1)6(11)12;1-5(2,3-6)4(7)8;1-3(10,2(8)9)4(5,6)7;5-4(6)3-1-2-3/h2-28H2,1H3,(H,30,31);2H,1,3-7H2,(H,11,12);1-3H,(H,7,8)(H,9,10)(H,11,12);3H2,1-2H3,(H,7,8);10H,1H3,(H,8,9);3H,1-2H2,(H,5,6). The van der Waals surface area contributed by atoms with E-state index in [1.165, 1.54) is 160 Å². The van der Waals surface area contributed by atoms with E-state index in [1.54, 1.807) is 13.8 Å². The summed E-state index contributed by atoms with van der Waals surface area (Å²) in [6, 6.07) is 0. The van der Waals surface area contributed by atoms with Crippen molar-refractivity contribution in [2.45, 2.75) is 258 Å². The lowest BCUT2D eigenvalue weighted by atomic mass is 9.98. The molecule has 2 aliphatic carbocycles. The van der Waals surface area contributed by atoms with Gasteiger partial charge in [0.15, 0.2) is 5.78 Å². The number of rotatable bonds is 41. The Bertz CT molecular complexity index is 1670. The van der Waals surface area contributed by atoms with E-state index in [4.69, 9.17) is 46.0 Å². The number of aliphatic hydroxyl groups is 1. The number of unbranched alkanes of at least 4 members (excludes halogenated alkanes) is 27. The molecule has 0 heterocycles. The molecule has 0 saturated heterocycles. The average molecular weight is 1210 g/mol. The van der Waals surface area contributed by atoms with Crippen molar-refractivity contribution in [3.05, 3.63) is 12.7 Å². The summed E-state index contributed by atoms with van der Waals surface area (Å²) in [6.07, 6.45) is 37.4. The van der Waals surface area contributed by atoms with Crippen LogP contribution in [0, 0.1) is 29.1 Å². The van der Waals surface area contributed by atoms with E-state index in [0.717, 1.165) is 38.5 Å². The molecule has 0 aromatic heterocycles. The maximum absolute atomic E-state index is 11.5. The number of hydrogen-bond donors (Lipinski definition) is 9. The Kier molecular flexibility index (Phi) is 50.4. The van der Waals surface area contributed by atoms with Gasteiger partial charge in [-0.3, -0.25) is 38.4 Å². The Balaban J connectivity index is -0.000000480. The van der Waals surface area contributed by atoms with Crippen molar-refractivity contribution in [1.82, 2.24) is 0 Å². The van der Waals surface area contributed by atoms with Crippen LogP contribution in [0.2, 0.25) is 0 Å². The fraction of sp³-hybridized carbons (Fsp3) is 0.807. The van der Waals surface area contributed by atoms with E-state index in [0.29, 0.717) is 24.6 Å². The molecule has 0 aliphatic heterocycles. The first-order valence-electron chi connectivity index (χ1n) is 28.2. The Morgan fingerprint density at radius 1 is 0.443 bits per heavy atom. The van der Waals surface area contributed by atoms with Gasteiger partial charge in [0.1, 0.15) is 0 Å². The molecule has 22 heteroatoms. The molecule has 0 amide bonds. The van der Waals surface area contributed by atoms with Crippen molar-refractivity contribution in [3.8, 4) is 0 Å². The second-order valence-electron chi connectivity index (χ2n) is 21.0. The number of carbonyl (C=O) groups is 9. The molecule has 0 radical (unpaired) electrons. The van der Waals surface area contributed by atoms with Gasteiger partial charge in [0.2, 0.25) is 0 Å². The van der Waals surface area contributed by atoms with Crippen LogP contribution >= 0.6 is 15.9 Å². The topological polar surface area (TPSA) is 336 Å². The average Bonchev–Trinajstić information content (AvgIpc) is 4.30. The highest BCUT2D eigenvalue weighted by Gasteiger charge is 2.64. The quantitative estimate of drug-likeness (QED) is 0.0156. The predicted molar refractivity (Wildman–Crippen MR) is 297 cm³/mol. The highest BCUT2D eigenvalue weighted by atomic mass is 79.9. The van der Waals surface area contributed by atoms with E-state index in [1.807, 2.05) is 0 Å². The summed E-state index contributed by atoms with van der Waals surface area (Å²) < 4.78 is 34.4. The van der Waals surface area contributed by atoms with Gasteiger partial charge in [0, 0.05) is 24.6 Å². The Morgan fingerprint density at radius 3 is 0.835 bits per heavy atom. The Hall–Kier alpha value is -4.60. The van der Waals surface area contributed by atoms with Gasteiger partial charge < -0.3 is 46.0 Å². The van der Waals surface area contributed by atoms with Gasteiger partial charge in [0.25, 0.3) is 5.60 Å². The van der Waals surface area contributed by atoms with Gasteiger partial charge in [0.05, 0.1) is 29.1 Å². The van der Waals surface area contributed by atoms with E-state index < -0.39 is 82.7 Å². The van der Waals surface area contributed by atoms with Crippen LogP contribution in [0.1, 0.15) is 246 Å².